The van der Waals surface area contributed by atoms with Gasteiger partial charge in [0.2, 0.25) is 5.82 Å². The van der Waals surface area contributed by atoms with Gasteiger partial charge in [0, 0.05) is 49.3 Å². The number of nitrogens with two attached hydrogens (primary N) is 1. The molecule has 1 saturated heterocycles. The number of ether oxygens (including phenoxy) is 1. The number of pyridine rings is 2. The number of likely N-dealkylation sites (tertiary alicyclic amines) is 1. The van der Waals surface area contributed by atoms with Crippen LogP contribution in [0.2, 0.25) is 0 Å². The number of imidazole rings is 1. The molecule has 0 amide bonds. The fourth-order valence-electron chi connectivity index (χ4n) is 5.86. The van der Waals surface area contributed by atoms with Gasteiger partial charge >= 0.3 is 0 Å². The highest BCUT2D eigenvalue weighted by molar-refractivity contribution is 5.84. The van der Waals surface area contributed by atoms with E-state index in [9.17, 15) is 0 Å². The number of nitrogens with zero attached hydrogens (tertiary/aromatic N) is 8. The molecule has 0 saturated carbocycles. The van der Waals surface area contributed by atoms with Crippen LogP contribution in [0.15, 0.2) is 91.3 Å². The minimum atomic E-state index is 0.180. The van der Waals surface area contributed by atoms with Crippen LogP contribution < -0.4 is 15.8 Å². The molecule has 228 valence electrons. The number of benzene rings is 2. The number of nitriles is 1. The first kappa shape index (κ1) is 28.9. The molecule has 0 radical (unpaired) electrons. The molecule has 0 atom stereocenters. The fourth-order valence-corrected chi connectivity index (χ4v) is 5.86. The van der Waals surface area contributed by atoms with Crippen molar-refractivity contribution in [3.63, 3.8) is 0 Å². The number of methoxy groups -OCH3 is 1. The van der Waals surface area contributed by atoms with Crippen LogP contribution in [0, 0.1) is 11.3 Å². The lowest BCUT2D eigenvalue weighted by atomic mass is 10.0. The predicted molar refractivity (Wildman–Crippen MR) is 177 cm³/mol. The van der Waals surface area contributed by atoms with Gasteiger partial charge < -0.3 is 15.8 Å². The first-order valence-corrected chi connectivity index (χ1v) is 15.1. The summed E-state index contributed by atoms with van der Waals surface area (Å²) in [5.41, 5.74) is 12.6. The number of anilines is 2. The smallest absolute Gasteiger partial charge is 0.234 e. The number of aromatic nitrogens is 6. The summed E-state index contributed by atoms with van der Waals surface area (Å²) in [6.07, 6.45) is 5.27. The van der Waals surface area contributed by atoms with Crippen molar-refractivity contribution in [3.8, 4) is 40.2 Å². The topological polar surface area (TPSA) is 144 Å². The average molecular weight is 609 g/mol. The van der Waals surface area contributed by atoms with E-state index in [0.29, 0.717) is 23.5 Å². The van der Waals surface area contributed by atoms with Gasteiger partial charge in [-0.1, -0.05) is 12.1 Å². The molecule has 4 aromatic heterocycles. The molecule has 0 unspecified atom stereocenters. The maximum atomic E-state index is 9.08. The summed E-state index contributed by atoms with van der Waals surface area (Å²) < 4.78 is 7.39. The molecule has 0 bridgehead atoms. The number of fused-ring (bicyclic) bond motifs is 1. The Kier molecular flexibility index (Phi) is 7.93. The SMILES string of the molecule is COc1ccc(-c2ccc3nc(-c4cccnc4N)n(-c4ccc(CN5CCC(Nc6ccnc(C#N)n6)CC5)cc4)c3n2)cc1. The van der Waals surface area contributed by atoms with Gasteiger partial charge in [0.05, 0.1) is 18.4 Å². The van der Waals surface area contributed by atoms with Crippen LogP contribution >= 0.6 is 0 Å². The normalized spacial score (nSPS) is 13.8. The molecule has 0 aliphatic carbocycles. The van der Waals surface area contributed by atoms with Crippen molar-refractivity contribution in [3.05, 3.63) is 103 Å². The van der Waals surface area contributed by atoms with Crippen LogP contribution in [-0.4, -0.2) is 60.6 Å². The van der Waals surface area contributed by atoms with Crippen molar-refractivity contribution in [1.82, 2.24) is 34.4 Å². The highest BCUT2D eigenvalue weighted by Crippen LogP contribution is 2.32. The Morgan fingerprint density at radius 2 is 1.72 bits per heavy atom. The van der Waals surface area contributed by atoms with Gasteiger partial charge in [0.25, 0.3) is 0 Å². The third kappa shape index (κ3) is 5.94. The molecule has 5 heterocycles. The summed E-state index contributed by atoms with van der Waals surface area (Å²) >= 11 is 0. The molecule has 46 heavy (non-hydrogen) atoms. The standard InChI is InChI=1S/C35H32N10O/c1-46-27-10-6-24(7-11-27)29-12-13-30-35(41-29)45(34(42-30)28-3-2-17-39-33(28)37)26-8-4-23(5-9-26)22-44-19-15-25(16-20-44)40-31-14-18-38-32(21-36)43-31/h2-14,17-18,25H,15-16,19-20,22H2,1H3,(H2,37,39)(H,38,40,43). The van der Waals surface area contributed by atoms with Crippen LogP contribution in [0.5, 0.6) is 5.75 Å². The van der Waals surface area contributed by atoms with Gasteiger partial charge in [0.15, 0.2) is 11.5 Å². The summed E-state index contributed by atoms with van der Waals surface area (Å²) in [6.45, 7) is 2.78. The van der Waals surface area contributed by atoms with E-state index in [2.05, 4.69) is 54.0 Å². The predicted octanol–water partition coefficient (Wildman–Crippen LogP) is 5.48. The molecular formula is C35H32N10O. The van der Waals surface area contributed by atoms with Gasteiger partial charge in [-0.2, -0.15) is 5.26 Å². The van der Waals surface area contributed by atoms with Gasteiger partial charge in [0.1, 0.15) is 29.0 Å². The maximum Gasteiger partial charge on any atom is 0.234 e. The summed E-state index contributed by atoms with van der Waals surface area (Å²) in [6, 6.07) is 28.3. The van der Waals surface area contributed by atoms with Crippen LogP contribution in [-0.2, 0) is 6.54 Å². The maximum absolute atomic E-state index is 9.08. The minimum absolute atomic E-state index is 0.180. The summed E-state index contributed by atoms with van der Waals surface area (Å²) in [5.74, 6) is 2.77. The third-order valence-corrected chi connectivity index (χ3v) is 8.27. The lowest BCUT2D eigenvalue weighted by Gasteiger charge is -2.32. The molecule has 0 spiro atoms. The molecule has 6 aromatic rings. The van der Waals surface area contributed by atoms with Crippen molar-refractivity contribution in [1.29, 1.82) is 5.26 Å². The second-order valence-corrected chi connectivity index (χ2v) is 11.2. The van der Waals surface area contributed by atoms with Crippen LogP contribution in [0.3, 0.4) is 0 Å². The molecular weight excluding hydrogens is 576 g/mol. The first-order valence-electron chi connectivity index (χ1n) is 15.1. The monoisotopic (exact) mass is 608 g/mol. The van der Waals surface area contributed by atoms with E-state index < -0.39 is 0 Å². The highest BCUT2D eigenvalue weighted by Gasteiger charge is 2.21. The van der Waals surface area contributed by atoms with Gasteiger partial charge in [-0.25, -0.2) is 24.9 Å². The molecule has 1 aliphatic rings. The van der Waals surface area contributed by atoms with Gasteiger partial charge in [-0.15, -0.1) is 0 Å². The third-order valence-electron chi connectivity index (χ3n) is 8.27. The largest absolute Gasteiger partial charge is 0.497 e. The number of piperidine rings is 1. The number of rotatable bonds is 8. The lowest BCUT2D eigenvalue weighted by molar-refractivity contribution is 0.211. The van der Waals surface area contributed by atoms with Crippen LogP contribution in [0.1, 0.15) is 24.2 Å². The van der Waals surface area contributed by atoms with Crippen molar-refractivity contribution < 1.29 is 4.74 Å². The minimum Gasteiger partial charge on any atom is -0.497 e. The van der Waals surface area contributed by atoms with E-state index in [0.717, 1.165) is 71.9 Å². The van der Waals surface area contributed by atoms with Gasteiger partial charge in [-0.3, -0.25) is 9.47 Å². The van der Waals surface area contributed by atoms with Crippen molar-refractivity contribution in [2.45, 2.75) is 25.4 Å². The molecule has 3 N–H and O–H groups in total. The number of hydrogen-bond donors (Lipinski definition) is 2. The highest BCUT2D eigenvalue weighted by atomic mass is 16.5. The summed E-state index contributed by atoms with van der Waals surface area (Å²) in [4.78, 5) is 25.0. The van der Waals surface area contributed by atoms with Crippen molar-refractivity contribution in [2.24, 2.45) is 0 Å². The quantitative estimate of drug-likeness (QED) is 0.228. The molecule has 11 heteroatoms. The number of nitrogens with one attached hydrogen (secondary N) is 1. The lowest BCUT2D eigenvalue weighted by Crippen LogP contribution is -2.38. The number of nitrogen functional groups attached to an aromatic ring is 1. The van der Waals surface area contributed by atoms with E-state index in [-0.39, 0.29) is 5.82 Å². The first-order chi connectivity index (χ1) is 22.6. The Labute approximate surface area is 266 Å². The van der Waals surface area contributed by atoms with E-state index in [1.54, 1.807) is 19.5 Å². The second-order valence-electron chi connectivity index (χ2n) is 11.2. The molecule has 2 aromatic carbocycles. The zero-order chi connectivity index (χ0) is 31.5. The summed E-state index contributed by atoms with van der Waals surface area (Å²) in [7, 11) is 1.66. The molecule has 7 rings (SSSR count). The Morgan fingerprint density at radius 3 is 2.46 bits per heavy atom. The number of hydrogen-bond acceptors (Lipinski definition) is 10. The Morgan fingerprint density at radius 1 is 0.913 bits per heavy atom. The Bertz CT molecular complexity index is 2020. The zero-order valence-electron chi connectivity index (χ0n) is 25.3. The van der Waals surface area contributed by atoms with E-state index in [4.69, 9.17) is 25.7 Å². The second kappa shape index (κ2) is 12.6. The Hall–Kier alpha value is -5.86. The van der Waals surface area contributed by atoms with E-state index in [1.165, 1.54) is 5.56 Å². The van der Waals surface area contributed by atoms with E-state index in [1.807, 2.05) is 60.7 Å². The molecule has 11 nitrogen and oxygen atoms in total. The molecule has 1 aliphatic heterocycles. The van der Waals surface area contributed by atoms with Gasteiger partial charge in [-0.05, 0) is 85.1 Å². The summed E-state index contributed by atoms with van der Waals surface area (Å²) in [5, 5.41) is 12.5. The fraction of sp³-hybridized carbons (Fsp3) is 0.200. The van der Waals surface area contributed by atoms with E-state index >= 15 is 0 Å². The van der Waals surface area contributed by atoms with Crippen LogP contribution in [0.25, 0.3) is 39.5 Å². The Balaban J connectivity index is 1.13. The van der Waals surface area contributed by atoms with Crippen LogP contribution in [0.4, 0.5) is 11.6 Å². The molecule has 1 fully saturated rings. The zero-order valence-corrected chi connectivity index (χ0v) is 25.3. The van der Waals surface area contributed by atoms with Crippen molar-refractivity contribution >= 4 is 22.8 Å². The van der Waals surface area contributed by atoms with Crippen molar-refractivity contribution in [2.75, 3.05) is 31.2 Å². The average Bonchev–Trinajstić information content (AvgIpc) is 3.48.